The van der Waals surface area contributed by atoms with Crippen LogP contribution in [0.3, 0.4) is 0 Å². The maximum Gasteiger partial charge on any atom is 0.226 e. The maximum absolute atomic E-state index is 14.6. The number of nitriles is 1. The number of halogens is 2. The molecule has 4 heterocycles. The third kappa shape index (κ3) is 4.01. The SMILES string of the molecule is N#Cc1ccnc(N2CCC(c3nnc4n3-c3ccc(Cl)cc3CN(CC3(F)CC3)C4)CC2)n1. The molecule has 0 amide bonds. The van der Waals surface area contributed by atoms with Crippen LogP contribution in [0.25, 0.3) is 5.69 Å². The van der Waals surface area contributed by atoms with Gasteiger partial charge in [-0.3, -0.25) is 9.47 Å². The van der Waals surface area contributed by atoms with E-state index in [1.807, 2.05) is 18.2 Å². The molecule has 1 saturated heterocycles. The smallest absolute Gasteiger partial charge is 0.226 e. The zero-order valence-electron chi connectivity index (χ0n) is 18.7. The van der Waals surface area contributed by atoms with E-state index in [0.717, 1.165) is 48.8 Å². The van der Waals surface area contributed by atoms with Crippen LogP contribution in [0.15, 0.2) is 30.5 Å². The molecule has 174 valence electrons. The Labute approximate surface area is 202 Å². The Morgan fingerprint density at radius 2 is 1.97 bits per heavy atom. The van der Waals surface area contributed by atoms with Crippen molar-refractivity contribution in [2.45, 2.75) is 50.4 Å². The highest BCUT2D eigenvalue weighted by Crippen LogP contribution is 2.42. The molecular weight excluding hydrogens is 455 g/mol. The summed E-state index contributed by atoms with van der Waals surface area (Å²) in [5, 5.41) is 19.0. The normalized spacial score (nSPS) is 19.7. The predicted molar refractivity (Wildman–Crippen MR) is 124 cm³/mol. The molecule has 0 bridgehead atoms. The zero-order chi connectivity index (χ0) is 23.3. The second-order valence-corrected chi connectivity index (χ2v) is 9.93. The van der Waals surface area contributed by atoms with Gasteiger partial charge >= 0.3 is 0 Å². The van der Waals surface area contributed by atoms with Crippen LogP contribution in [0.5, 0.6) is 0 Å². The minimum absolute atomic E-state index is 0.225. The van der Waals surface area contributed by atoms with Crippen molar-refractivity contribution < 1.29 is 4.39 Å². The lowest BCUT2D eigenvalue weighted by atomic mass is 9.95. The molecule has 10 heteroatoms. The molecule has 34 heavy (non-hydrogen) atoms. The van der Waals surface area contributed by atoms with Gasteiger partial charge in [-0.25, -0.2) is 14.4 Å². The van der Waals surface area contributed by atoms with Crippen molar-refractivity contribution in [3.8, 4) is 11.8 Å². The minimum atomic E-state index is -1.07. The topological polar surface area (TPSA) is 86.8 Å². The number of fused-ring (bicyclic) bond motifs is 3. The Bertz CT molecular complexity index is 1270. The third-order valence-corrected chi connectivity index (χ3v) is 7.23. The van der Waals surface area contributed by atoms with Crippen LogP contribution in [-0.2, 0) is 13.1 Å². The summed E-state index contributed by atoms with van der Waals surface area (Å²) in [6.45, 7) is 3.13. The molecule has 0 radical (unpaired) electrons. The van der Waals surface area contributed by atoms with Crippen LogP contribution in [0.1, 0.15) is 54.5 Å². The second-order valence-electron chi connectivity index (χ2n) is 9.49. The molecule has 2 fully saturated rings. The summed E-state index contributed by atoms with van der Waals surface area (Å²) in [5.74, 6) is 2.59. The lowest BCUT2D eigenvalue weighted by Gasteiger charge is -2.31. The first-order chi connectivity index (χ1) is 16.5. The van der Waals surface area contributed by atoms with E-state index in [9.17, 15) is 4.39 Å². The van der Waals surface area contributed by atoms with Crippen molar-refractivity contribution in [2.24, 2.45) is 0 Å². The van der Waals surface area contributed by atoms with E-state index >= 15 is 0 Å². The van der Waals surface area contributed by atoms with E-state index in [1.165, 1.54) is 0 Å². The van der Waals surface area contributed by atoms with E-state index in [4.69, 9.17) is 16.9 Å². The second kappa shape index (κ2) is 8.29. The molecule has 6 rings (SSSR count). The van der Waals surface area contributed by atoms with Crippen LogP contribution < -0.4 is 4.90 Å². The summed E-state index contributed by atoms with van der Waals surface area (Å²) >= 11 is 6.34. The van der Waals surface area contributed by atoms with Crippen molar-refractivity contribution in [2.75, 3.05) is 24.5 Å². The fourth-order valence-electron chi connectivity index (χ4n) is 5.06. The summed E-state index contributed by atoms with van der Waals surface area (Å²) in [6.07, 6.45) is 4.63. The highest BCUT2D eigenvalue weighted by atomic mass is 35.5. The molecule has 2 aromatic heterocycles. The number of piperidine rings is 1. The molecule has 2 aliphatic heterocycles. The molecule has 0 unspecified atom stereocenters. The van der Waals surface area contributed by atoms with Crippen LogP contribution >= 0.6 is 11.6 Å². The van der Waals surface area contributed by atoms with Gasteiger partial charge in [0.1, 0.15) is 23.3 Å². The Balaban J connectivity index is 1.28. The van der Waals surface area contributed by atoms with Gasteiger partial charge in [0, 0.05) is 43.3 Å². The Hall–Kier alpha value is -3.09. The van der Waals surface area contributed by atoms with Crippen molar-refractivity contribution in [1.29, 1.82) is 5.26 Å². The van der Waals surface area contributed by atoms with E-state index in [-0.39, 0.29) is 5.92 Å². The maximum atomic E-state index is 14.6. The van der Waals surface area contributed by atoms with Gasteiger partial charge in [-0.2, -0.15) is 5.26 Å². The zero-order valence-corrected chi connectivity index (χ0v) is 19.4. The van der Waals surface area contributed by atoms with Crippen LogP contribution in [0, 0.1) is 11.3 Å². The van der Waals surface area contributed by atoms with Gasteiger partial charge in [-0.05, 0) is 55.5 Å². The average molecular weight is 479 g/mol. The fourth-order valence-corrected chi connectivity index (χ4v) is 5.26. The molecule has 1 aromatic carbocycles. The van der Waals surface area contributed by atoms with Crippen LogP contribution in [-0.4, -0.2) is 54.9 Å². The molecule has 0 N–H and O–H groups in total. The van der Waals surface area contributed by atoms with Gasteiger partial charge in [0.2, 0.25) is 5.95 Å². The van der Waals surface area contributed by atoms with E-state index in [2.05, 4.69) is 40.6 Å². The van der Waals surface area contributed by atoms with E-state index in [0.29, 0.717) is 49.1 Å². The first-order valence-corrected chi connectivity index (χ1v) is 12.0. The predicted octanol–water partition coefficient (Wildman–Crippen LogP) is 3.78. The molecule has 3 aromatic rings. The van der Waals surface area contributed by atoms with E-state index in [1.54, 1.807) is 12.3 Å². The molecular formula is C24H24ClFN8. The van der Waals surface area contributed by atoms with Gasteiger partial charge in [-0.1, -0.05) is 11.6 Å². The highest BCUT2D eigenvalue weighted by molar-refractivity contribution is 6.30. The van der Waals surface area contributed by atoms with Crippen molar-refractivity contribution in [3.63, 3.8) is 0 Å². The molecule has 3 aliphatic rings. The van der Waals surface area contributed by atoms with Crippen LogP contribution in [0.4, 0.5) is 10.3 Å². The summed E-state index contributed by atoms with van der Waals surface area (Å²) in [7, 11) is 0. The molecule has 1 saturated carbocycles. The lowest BCUT2D eigenvalue weighted by molar-refractivity contribution is 0.162. The molecule has 0 spiro atoms. The highest BCUT2D eigenvalue weighted by Gasteiger charge is 2.45. The number of rotatable bonds is 4. The lowest BCUT2D eigenvalue weighted by Crippen LogP contribution is -2.35. The summed E-state index contributed by atoms with van der Waals surface area (Å²) in [6, 6.07) is 9.58. The molecule has 1 aliphatic carbocycles. The Kier molecular flexibility index (Phi) is 5.23. The standard InChI is InChI=1S/C24H24ClFN8/c25-18-1-2-20-17(11-18)13-32(15-24(26)6-7-24)14-21-30-31-22(34(20)21)16-4-9-33(10-5-16)23-28-8-3-19(12-27)29-23/h1-3,8,11,16H,4-7,9-10,13-15H2. The van der Waals surface area contributed by atoms with Crippen molar-refractivity contribution in [3.05, 3.63) is 58.4 Å². The average Bonchev–Trinajstić information content (AvgIpc) is 3.47. The monoisotopic (exact) mass is 478 g/mol. The first kappa shape index (κ1) is 21.4. The minimum Gasteiger partial charge on any atom is -0.341 e. The van der Waals surface area contributed by atoms with E-state index < -0.39 is 5.67 Å². The Morgan fingerprint density at radius 3 is 2.74 bits per heavy atom. The number of anilines is 1. The number of hydrogen-bond donors (Lipinski definition) is 0. The van der Waals surface area contributed by atoms with Gasteiger partial charge in [0.15, 0.2) is 5.82 Å². The van der Waals surface area contributed by atoms with Gasteiger partial charge in [-0.15, -0.1) is 10.2 Å². The van der Waals surface area contributed by atoms with Gasteiger partial charge < -0.3 is 4.90 Å². The summed E-state index contributed by atoms with van der Waals surface area (Å²) in [4.78, 5) is 12.9. The van der Waals surface area contributed by atoms with Gasteiger partial charge in [0.25, 0.3) is 0 Å². The fraction of sp³-hybridized carbons (Fsp3) is 0.458. The third-order valence-electron chi connectivity index (χ3n) is 7.00. The number of alkyl halides is 1. The van der Waals surface area contributed by atoms with Crippen LogP contribution in [0.2, 0.25) is 5.02 Å². The number of nitrogens with zero attached hydrogens (tertiary/aromatic N) is 8. The first-order valence-electron chi connectivity index (χ1n) is 11.6. The van der Waals surface area contributed by atoms with Crippen molar-refractivity contribution >= 4 is 17.5 Å². The van der Waals surface area contributed by atoms with Gasteiger partial charge in [0.05, 0.1) is 12.2 Å². The quantitative estimate of drug-likeness (QED) is 0.563. The molecule has 0 atom stereocenters. The number of benzene rings is 1. The summed E-state index contributed by atoms with van der Waals surface area (Å²) < 4.78 is 16.8. The molecule has 8 nitrogen and oxygen atoms in total. The Morgan fingerprint density at radius 1 is 1.15 bits per heavy atom. The number of aromatic nitrogens is 5. The number of hydrogen-bond acceptors (Lipinski definition) is 7. The summed E-state index contributed by atoms with van der Waals surface area (Å²) in [5.41, 5.74) is 1.39. The largest absolute Gasteiger partial charge is 0.341 e. The van der Waals surface area contributed by atoms with Crippen molar-refractivity contribution in [1.82, 2.24) is 29.6 Å².